The number of aromatic nitrogens is 1. The Bertz CT molecular complexity index is 391. The number of hydrogen-bond acceptors (Lipinski definition) is 3. The smallest absolute Gasteiger partial charge is 0.138 e. The van der Waals surface area contributed by atoms with Gasteiger partial charge in [0, 0.05) is 18.2 Å². The van der Waals surface area contributed by atoms with Crippen molar-refractivity contribution in [3.8, 4) is 17.6 Å². The van der Waals surface area contributed by atoms with Crippen LogP contribution in [0.15, 0.2) is 18.5 Å². The molecule has 0 saturated carbocycles. The lowest BCUT2D eigenvalue weighted by molar-refractivity contribution is 0.288. The van der Waals surface area contributed by atoms with Crippen LogP contribution in [0.2, 0.25) is 0 Å². The highest BCUT2D eigenvalue weighted by Crippen LogP contribution is 2.11. The molecule has 0 saturated heterocycles. The van der Waals surface area contributed by atoms with Gasteiger partial charge in [0.1, 0.15) is 5.75 Å². The van der Waals surface area contributed by atoms with Gasteiger partial charge in [0.15, 0.2) is 0 Å². The van der Waals surface area contributed by atoms with Crippen LogP contribution in [0.3, 0.4) is 0 Å². The molecule has 1 rings (SSSR count). The number of ether oxygens (including phenoxy) is 1. The van der Waals surface area contributed by atoms with Crippen molar-refractivity contribution in [1.82, 2.24) is 4.98 Å². The molecule has 3 heteroatoms. The molecule has 1 aromatic heterocycles. The summed E-state index contributed by atoms with van der Waals surface area (Å²) in [6, 6.07) is 1.87. The summed E-state index contributed by atoms with van der Waals surface area (Å²) in [4.78, 5) is 4.07. The van der Waals surface area contributed by atoms with E-state index in [9.17, 15) is 0 Å². The molecule has 1 aromatic rings. The van der Waals surface area contributed by atoms with Crippen molar-refractivity contribution in [3.63, 3.8) is 0 Å². The zero-order chi connectivity index (χ0) is 12.5. The van der Waals surface area contributed by atoms with Gasteiger partial charge in [0.2, 0.25) is 0 Å². The van der Waals surface area contributed by atoms with E-state index in [1.807, 2.05) is 6.07 Å². The first-order valence-electron chi connectivity index (χ1n) is 5.90. The fourth-order valence-corrected chi connectivity index (χ4v) is 1.20. The summed E-state index contributed by atoms with van der Waals surface area (Å²) in [6.07, 6.45) is 4.90. The first kappa shape index (κ1) is 13.5. The Morgan fingerprint density at radius 3 is 2.94 bits per heavy atom. The molecule has 1 N–H and O–H groups in total. The number of pyridine rings is 1. The molecule has 0 atom stereocenters. The summed E-state index contributed by atoms with van der Waals surface area (Å²) in [7, 11) is 0. The number of aliphatic hydroxyl groups excluding tert-OH is 1. The van der Waals surface area contributed by atoms with Gasteiger partial charge in [-0.1, -0.05) is 25.7 Å². The Labute approximate surface area is 103 Å². The lowest BCUT2D eigenvalue weighted by Gasteiger charge is -2.07. The van der Waals surface area contributed by atoms with E-state index in [1.165, 1.54) is 0 Å². The monoisotopic (exact) mass is 233 g/mol. The molecule has 1 heterocycles. The fraction of sp³-hybridized carbons (Fsp3) is 0.500. The average molecular weight is 233 g/mol. The van der Waals surface area contributed by atoms with E-state index in [1.54, 1.807) is 12.4 Å². The molecule has 0 bridgehead atoms. The van der Waals surface area contributed by atoms with Crippen LogP contribution in [0.5, 0.6) is 5.75 Å². The molecule has 17 heavy (non-hydrogen) atoms. The van der Waals surface area contributed by atoms with Crippen LogP contribution in [-0.2, 0) is 0 Å². The number of aliphatic hydroxyl groups is 1. The topological polar surface area (TPSA) is 42.4 Å². The van der Waals surface area contributed by atoms with E-state index < -0.39 is 0 Å². The Morgan fingerprint density at radius 2 is 2.24 bits per heavy atom. The second kappa shape index (κ2) is 7.70. The number of hydrogen-bond donors (Lipinski definition) is 1. The minimum Gasteiger partial charge on any atom is -0.492 e. The van der Waals surface area contributed by atoms with Gasteiger partial charge in [-0.05, 0) is 18.4 Å². The standard InChI is InChI=1S/C14H19NO2/c1-12(2)6-8-17-14-9-13(10-15-11-14)5-3-4-7-16/h9-12,16H,4,6-8H2,1-2H3. The van der Waals surface area contributed by atoms with Crippen molar-refractivity contribution < 1.29 is 9.84 Å². The van der Waals surface area contributed by atoms with E-state index >= 15 is 0 Å². The van der Waals surface area contributed by atoms with Crippen molar-refractivity contribution in [1.29, 1.82) is 0 Å². The summed E-state index contributed by atoms with van der Waals surface area (Å²) in [5, 5.41) is 8.62. The van der Waals surface area contributed by atoms with Crippen molar-refractivity contribution in [3.05, 3.63) is 24.0 Å². The van der Waals surface area contributed by atoms with Crippen molar-refractivity contribution >= 4 is 0 Å². The van der Waals surface area contributed by atoms with Crippen LogP contribution in [0.4, 0.5) is 0 Å². The molecule has 0 aliphatic rings. The molecule has 0 spiro atoms. The third-order valence-corrected chi connectivity index (χ3v) is 2.15. The second-order valence-corrected chi connectivity index (χ2v) is 4.22. The molecule has 3 nitrogen and oxygen atoms in total. The third-order valence-electron chi connectivity index (χ3n) is 2.15. The first-order valence-corrected chi connectivity index (χ1v) is 5.90. The van der Waals surface area contributed by atoms with Crippen LogP contribution in [0.25, 0.3) is 0 Å². The summed E-state index contributed by atoms with van der Waals surface area (Å²) in [5.41, 5.74) is 0.820. The third kappa shape index (κ3) is 5.94. The quantitative estimate of drug-likeness (QED) is 0.793. The highest BCUT2D eigenvalue weighted by molar-refractivity contribution is 5.36. The molecule has 0 aliphatic heterocycles. The largest absolute Gasteiger partial charge is 0.492 e. The van der Waals surface area contributed by atoms with Crippen molar-refractivity contribution in [2.75, 3.05) is 13.2 Å². The summed E-state index contributed by atoms with van der Waals surface area (Å²) < 4.78 is 5.58. The first-order chi connectivity index (χ1) is 8.22. The van der Waals surface area contributed by atoms with Gasteiger partial charge in [-0.15, -0.1) is 0 Å². The number of nitrogens with zero attached hydrogens (tertiary/aromatic N) is 1. The summed E-state index contributed by atoms with van der Waals surface area (Å²) in [5.74, 6) is 7.18. The van der Waals surface area contributed by atoms with Crippen molar-refractivity contribution in [2.45, 2.75) is 26.7 Å². The maximum Gasteiger partial charge on any atom is 0.138 e. The second-order valence-electron chi connectivity index (χ2n) is 4.22. The Kier molecular flexibility index (Phi) is 6.13. The molecule has 0 aliphatic carbocycles. The van der Waals surface area contributed by atoms with E-state index in [4.69, 9.17) is 9.84 Å². The molecule has 0 aromatic carbocycles. The van der Waals surface area contributed by atoms with Crippen LogP contribution < -0.4 is 4.74 Å². The maximum absolute atomic E-state index is 8.62. The van der Waals surface area contributed by atoms with Gasteiger partial charge in [0.05, 0.1) is 19.4 Å². The minimum absolute atomic E-state index is 0.0883. The van der Waals surface area contributed by atoms with Crippen LogP contribution in [-0.4, -0.2) is 23.3 Å². The molecule has 92 valence electrons. The van der Waals surface area contributed by atoms with Crippen LogP contribution >= 0.6 is 0 Å². The van der Waals surface area contributed by atoms with E-state index in [-0.39, 0.29) is 6.61 Å². The molecular weight excluding hydrogens is 214 g/mol. The molecule has 0 unspecified atom stereocenters. The lowest BCUT2D eigenvalue weighted by atomic mass is 10.1. The van der Waals surface area contributed by atoms with E-state index in [0.717, 1.165) is 17.7 Å². The van der Waals surface area contributed by atoms with Gasteiger partial charge in [0.25, 0.3) is 0 Å². The van der Waals surface area contributed by atoms with Gasteiger partial charge in [-0.2, -0.15) is 0 Å². The average Bonchev–Trinajstić information content (AvgIpc) is 2.29. The lowest BCUT2D eigenvalue weighted by Crippen LogP contribution is -2.01. The Morgan fingerprint density at radius 1 is 1.41 bits per heavy atom. The summed E-state index contributed by atoms with van der Waals surface area (Å²) >= 11 is 0. The minimum atomic E-state index is 0.0883. The van der Waals surface area contributed by atoms with Crippen LogP contribution in [0.1, 0.15) is 32.3 Å². The van der Waals surface area contributed by atoms with Gasteiger partial charge in [-0.25, -0.2) is 0 Å². The maximum atomic E-state index is 8.62. The fourth-order valence-electron chi connectivity index (χ4n) is 1.20. The SMILES string of the molecule is CC(C)CCOc1cncc(C#CCCO)c1. The van der Waals surface area contributed by atoms with Gasteiger partial charge < -0.3 is 9.84 Å². The van der Waals surface area contributed by atoms with Crippen molar-refractivity contribution in [2.24, 2.45) is 5.92 Å². The molecule has 0 amide bonds. The molecule has 0 fully saturated rings. The van der Waals surface area contributed by atoms with E-state index in [0.29, 0.717) is 18.9 Å². The predicted molar refractivity (Wildman–Crippen MR) is 67.8 cm³/mol. The van der Waals surface area contributed by atoms with Crippen LogP contribution in [0, 0.1) is 17.8 Å². The summed E-state index contributed by atoms with van der Waals surface area (Å²) in [6.45, 7) is 5.12. The van der Waals surface area contributed by atoms with E-state index in [2.05, 4.69) is 30.7 Å². The molecular formula is C14H19NO2. The zero-order valence-corrected chi connectivity index (χ0v) is 10.4. The normalized spacial score (nSPS) is 9.88. The number of rotatable bonds is 5. The Hall–Kier alpha value is -1.53. The highest BCUT2D eigenvalue weighted by atomic mass is 16.5. The van der Waals surface area contributed by atoms with Gasteiger partial charge in [-0.3, -0.25) is 4.98 Å². The Balaban J connectivity index is 2.51. The highest BCUT2D eigenvalue weighted by Gasteiger charge is 1.98. The predicted octanol–water partition coefficient (Wildman–Crippen LogP) is 2.24. The van der Waals surface area contributed by atoms with Gasteiger partial charge >= 0.3 is 0 Å². The molecule has 0 radical (unpaired) electrons. The zero-order valence-electron chi connectivity index (χ0n) is 10.4.